The maximum atomic E-state index is 12.5. The molecule has 3 aliphatic heterocycles. The molecule has 29 heavy (non-hydrogen) atoms. The average Bonchev–Trinajstić information content (AvgIpc) is 3.16. The largest absolute Gasteiger partial charge is 0.356 e. The summed E-state index contributed by atoms with van der Waals surface area (Å²) in [5, 5.41) is 6.45. The number of carbonyl (C=O) groups excluding carboxylic acids is 1. The van der Waals surface area contributed by atoms with Crippen molar-refractivity contribution < 1.29 is 4.79 Å². The van der Waals surface area contributed by atoms with E-state index in [0.29, 0.717) is 23.5 Å². The highest BCUT2D eigenvalue weighted by atomic mass is 35.5. The van der Waals surface area contributed by atoms with Gasteiger partial charge in [0.25, 0.3) is 5.91 Å². The minimum atomic E-state index is -0.0979. The third kappa shape index (κ3) is 4.04. The highest BCUT2D eigenvalue weighted by Gasteiger charge is 2.39. The van der Waals surface area contributed by atoms with Gasteiger partial charge in [0.05, 0.1) is 0 Å². The van der Waals surface area contributed by atoms with Gasteiger partial charge >= 0.3 is 0 Å². The van der Waals surface area contributed by atoms with Crippen LogP contribution in [0, 0.1) is 5.41 Å². The summed E-state index contributed by atoms with van der Waals surface area (Å²) in [5.74, 6) is 1.43. The van der Waals surface area contributed by atoms with Crippen LogP contribution in [0.4, 0.5) is 5.82 Å². The summed E-state index contributed by atoms with van der Waals surface area (Å²) in [6.45, 7) is 4.80. The van der Waals surface area contributed by atoms with Crippen LogP contribution in [0.5, 0.6) is 0 Å². The van der Waals surface area contributed by atoms with E-state index in [1.165, 1.54) is 12.8 Å². The molecule has 1 amide bonds. The van der Waals surface area contributed by atoms with Crippen molar-refractivity contribution in [2.45, 2.75) is 25.7 Å². The van der Waals surface area contributed by atoms with Gasteiger partial charge in [0.1, 0.15) is 11.5 Å². The van der Waals surface area contributed by atoms with Crippen LogP contribution in [0.2, 0.25) is 0 Å². The van der Waals surface area contributed by atoms with Crippen LogP contribution in [0.1, 0.15) is 35.3 Å². The summed E-state index contributed by atoms with van der Waals surface area (Å²) in [4.78, 5) is 28.6. The van der Waals surface area contributed by atoms with Crippen molar-refractivity contribution >= 4 is 36.5 Å². The molecule has 0 bridgehead atoms. The third-order valence-corrected chi connectivity index (χ3v) is 6.07. The normalized spacial score (nSPS) is 23.0. The molecule has 2 fully saturated rings. The van der Waals surface area contributed by atoms with Gasteiger partial charge in [-0.2, -0.15) is 0 Å². The Hall–Kier alpha value is -1.96. The van der Waals surface area contributed by atoms with Gasteiger partial charge in [0, 0.05) is 55.1 Å². The van der Waals surface area contributed by atoms with E-state index in [4.69, 9.17) is 4.98 Å². The van der Waals surface area contributed by atoms with E-state index in [-0.39, 0.29) is 30.7 Å². The highest BCUT2D eigenvalue weighted by Crippen LogP contribution is 2.38. The van der Waals surface area contributed by atoms with Gasteiger partial charge in [-0.05, 0) is 44.4 Å². The fraction of sp³-hybridized carbons (Fsp3) is 0.500. The first-order valence-electron chi connectivity index (χ1n) is 9.79. The first-order chi connectivity index (χ1) is 13.2. The molecular weight excluding hydrogens is 411 g/mol. The summed E-state index contributed by atoms with van der Waals surface area (Å²) in [5.41, 5.74) is 2.69. The molecule has 3 aliphatic rings. The van der Waals surface area contributed by atoms with Crippen molar-refractivity contribution in [3.05, 3.63) is 35.8 Å². The number of rotatable bonds is 2. The molecule has 2 aromatic heterocycles. The number of nitrogens with zero attached hydrogens (tertiary/aromatic N) is 4. The Morgan fingerprint density at radius 3 is 2.79 bits per heavy atom. The Bertz CT molecular complexity index is 873. The number of hydrogen-bond donors (Lipinski definition) is 2. The molecule has 5 heterocycles. The molecule has 2 saturated heterocycles. The van der Waals surface area contributed by atoms with E-state index in [9.17, 15) is 4.79 Å². The molecule has 2 aromatic rings. The van der Waals surface area contributed by atoms with Crippen molar-refractivity contribution in [1.82, 2.24) is 25.6 Å². The standard InChI is InChI=1S/C20H24N6O.2ClH/c27-19-16-15(4-8-23-19)18(25-17(24-16)14-3-1-7-21-11-14)26-10-2-5-20(13-26)6-9-22-12-20;;/h1,3,7,11,22H,2,4-6,8-10,12-13H2,(H,23,27);2*1H. The summed E-state index contributed by atoms with van der Waals surface area (Å²) < 4.78 is 0. The number of amides is 1. The fourth-order valence-electron chi connectivity index (χ4n) is 4.69. The second-order valence-corrected chi connectivity index (χ2v) is 7.90. The first kappa shape index (κ1) is 21.7. The summed E-state index contributed by atoms with van der Waals surface area (Å²) in [6, 6.07) is 3.82. The lowest BCUT2D eigenvalue weighted by molar-refractivity contribution is 0.0940. The Morgan fingerprint density at radius 2 is 2.03 bits per heavy atom. The lowest BCUT2D eigenvalue weighted by atomic mass is 9.79. The van der Waals surface area contributed by atoms with Crippen molar-refractivity contribution in [2.24, 2.45) is 5.41 Å². The molecule has 1 spiro atoms. The van der Waals surface area contributed by atoms with Crippen LogP contribution in [0.25, 0.3) is 11.4 Å². The summed E-state index contributed by atoms with van der Waals surface area (Å²) in [6.07, 6.45) is 7.91. The fourth-order valence-corrected chi connectivity index (χ4v) is 4.69. The zero-order chi connectivity index (χ0) is 18.3. The number of pyridine rings is 1. The van der Waals surface area contributed by atoms with Crippen LogP contribution in [0.3, 0.4) is 0 Å². The number of aromatic nitrogens is 3. The zero-order valence-corrected chi connectivity index (χ0v) is 17.8. The van der Waals surface area contributed by atoms with E-state index in [1.807, 2.05) is 12.1 Å². The molecule has 1 unspecified atom stereocenters. The van der Waals surface area contributed by atoms with E-state index in [0.717, 1.165) is 56.0 Å². The van der Waals surface area contributed by atoms with Crippen molar-refractivity contribution in [3.63, 3.8) is 0 Å². The van der Waals surface area contributed by atoms with Gasteiger partial charge in [-0.3, -0.25) is 9.78 Å². The number of carbonyl (C=O) groups is 1. The molecule has 9 heteroatoms. The summed E-state index contributed by atoms with van der Waals surface area (Å²) >= 11 is 0. The second-order valence-electron chi connectivity index (χ2n) is 7.90. The molecule has 1 atom stereocenters. The maximum Gasteiger partial charge on any atom is 0.270 e. The Balaban J connectivity index is 0.00000120. The lowest BCUT2D eigenvalue weighted by Gasteiger charge is -2.41. The van der Waals surface area contributed by atoms with Crippen LogP contribution >= 0.6 is 24.8 Å². The number of halogens is 2. The highest BCUT2D eigenvalue weighted by molar-refractivity contribution is 5.96. The van der Waals surface area contributed by atoms with Gasteiger partial charge in [-0.15, -0.1) is 24.8 Å². The number of piperidine rings is 1. The van der Waals surface area contributed by atoms with Gasteiger partial charge in [0.15, 0.2) is 5.82 Å². The first-order valence-corrected chi connectivity index (χ1v) is 9.79. The molecule has 5 rings (SSSR count). The molecule has 2 N–H and O–H groups in total. The van der Waals surface area contributed by atoms with Gasteiger partial charge in [-0.1, -0.05) is 0 Å². The third-order valence-electron chi connectivity index (χ3n) is 6.07. The predicted octanol–water partition coefficient (Wildman–Crippen LogP) is 2.25. The lowest BCUT2D eigenvalue weighted by Crippen LogP contribution is -2.46. The Morgan fingerprint density at radius 1 is 1.14 bits per heavy atom. The number of anilines is 1. The number of nitrogens with one attached hydrogen (secondary N) is 2. The summed E-state index contributed by atoms with van der Waals surface area (Å²) in [7, 11) is 0. The smallest absolute Gasteiger partial charge is 0.270 e. The van der Waals surface area contributed by atoms with E-state index in [2.05, 4.69) is 25.5 Å². The van der Waals surface area contributed by atoms with E-state index < -0.39 is 0 Å². The molecule has 0 aliphatic carbocycles. The SMILES string of the molecule is Cl.Cl.O=C1NCCc2c1nc(-c1cccnc1)nc2N1CCCC2(CCNC2)C1. The Labute approximate surface area is 182 Å². The molecule has 0 aromatic carbocycles. The molecule has 0 saturated carbocycles. The predicted molar refractivity (Wildman–Crippen MR) is 117 cm³/mol. The van der Waals surface area contributed by atoms with E-state index in [1.54, 1.807) is 12.4 Å². The average molecular weight is 437 g/mol. The quantitative estimate of drug-likeness (QED) is 0.750. The second kappa shape index (κ2) is 8.81. The van der Waals surface area contributed by atoms with Crippen LogP contribution in [0.15, 0.2) is 24.5 Å². The molecule has 156 valence electrons. The van der Waals surface area contributed by atoms with Crippen molar-refractivity contribution in [3.8, 4) is 11.4 Å². The number of fused-ring (bicyclic) bond motifs is 1. The van der Waals surface area contributed by atoms with Crippen molar-refractivity contribution in [1.29, 1.82) is 0 Å². The Kier molecular flexibility index (Phi) is 6.61. The van der Waals surface area contributed by atoms with E-state index >= 15 is 0 Å². The van der Waals surface area contributed by atoms with Crippen LogP contribution in [-0.2, 0) is 6.42 Å². The van der Waals surface area contributed by atoms with Crippen LogP contribution in [-0.4, -0.2) is 53.6 Å². The van der Waals surface area contributed by atoms with Gasteiger partial charge < -0.3 is 15.5 Å². The molecule has 7 nitrogen and oxygen atoms in total. The van der Waals surface area contributed by atoms with Crippen molar-refractivity contribution in [2.75, 3.05) is 37.6 Å². The molecular formula is C20H26Cl2N6O. The topological polar surface area (TPSA) is 83.0 Å². The number of hydrogen-bond acceptors (Lipinski definition) is 6. The zero-order valence-electron chi connectivity index (χ0n) is 16.2. The monoisotopic (exact) mass is 436 g/mol. The maximum absolute atomic E-state index is 12.5. The van der Waals surface area contributed by atoms with Gasteiger partial charge in [0.2, 0.25) is 0 Å². The minimum absolute atomic E-state index is 0. The van der Waals surface area contributed by atoms with Crippen LogP contribution < -0.4 is 15.5 Å². The minimum Gasteiger partial charge on any atom is -0.356 e. The van der Waals surface area contributed by atoms with Gasteiger partial charge in [-0.25, -0.2) is 9.97 Å². The molecule has 0 radical (unpaired) electrons.